The zero-order valence-corrected chi connectivity index (χ0v) is 14.8. The van der Waals surface area contributed by atoms with Crippen molar-refractivity contribution in [2.75, 3.05) is 24.5 Å². The molecular formula is C20H26N2O3. The van der Waals surface area contributed by atoms with Crippen molar-refractivity contribution in [3.63, 3.8) is 0 Å². The highest BCUT2D eigenvalue weighted by atomic mass is 16.3. The van der Waals surface area contributed by atoms with Crippen molar-refractivity contribution in [3.8, 4) is 0 Å². The average Bonchev–Trinajstić information content (AvgIpc) is 3.10. The summed E-state index contributed by atoms with van der Waals surface area (Å²) in [4.78, 5) is 28.8. The molecule has 2 saturated heterocycles. The van der Waals surface area contributed by atoms with Crippen molar-refractivity contribution in [1.29, 1.82) is 0 Å². The van der Waals surface area contributed by atoms with E-state index in [4.69, 9.17) is 0 Å². The van der Waals surface area contributed by atoms with Gasteiger partial charge in [-0.2, -0.15) is 0 Å². The van der Waals surface area contributed by atoms with Crippen molar-refractivity contribution in [2.45, 2.75) is 51.0 Å². The molecule has 3 aliphatic rings. The molecule has 25 heavy (non-hydrogen) atoms. The lowest BCUT2D eigenvalue weighted by Gasteiger charge is -2.37. The van der Waals surface area contributed by atoms with Gasteiger partial charge < -0.3 is 14.9 Å². The van der Waals surface area contributed by atoms with Gasteiger partial charge >= 0.3 is 0 Å². The smallest absolute Gasteiger partial charge is 0.227 e. The van der Waals surface area contributed by atoms with Gasteiger partial charge in [-0.1, -0.05) is 17.7 Å². The van der Waals surface area contributed by atoms with Gasteiger partial charge in [0, 0.05) is 37.2 Å². The van der Waals surface area contributed by atoms with Crippen molar-refractivity contribution < 1.29 is 14.7 Å². The molecular weight excluding hydrogens is 316 g/mol. The van der Waals surface area contributed by atoms with Gasteiger partial charge in [-0.3, -0.25) is 9.59 Å². The van der Waals surface area contributed by atoms with Crippen LogP contribution in [0.2, 0.25) is 0 Å². The summed E-state index contributed by atoms with van der Waals surface area (Å²) in [6, 6.07) is 8.04. The molecule has 4 rings (SSSR count). The number of benzene rings is 1. The highest BCUT2D eigenvalue weighted by Crippen LogP contribution is 2.43. The van der Waals surface area contributed by atoms with Crippen LogP contribution in [-0.2, 0) is 9.59 Å². The fourth-order valence-corrected chi connectivity index (χ4v) is 4.43. The molecule has 0 bridgehead atoms. The summed E-state index contributed by atoms with van der Waals surface area (Å²) in [6.45, 7) is 4.05. The molecule has 3 fully saturated rings. The van der Waals surface area contributed by atoms with E-state index in [0.717, 1.165) is 31.4 Å². The van der Waals surface area contributed by atoms with E-state index >= 15 is 0 Å². The minimum absolute atomic E-state index is 0.0420. The standard InChI is InChI=1S/C20H26N2O3/c1-15-3-5-16(6-4-15)22-14-19(11-18(22)24)9-10-21(13-19)17(23)12-20(25)7-2-8-20/h3-6,25H,2,7-14H2,1H3. The number of nitrogens with zero attached hydrogens (tertiary/aromatic N) is 2. The van der Waals surface area contributed by atoms with Crippen molar-refractivity contribution in [3.05, 3.63) is 29.8 Å². The molecule has 1 saturated carbocycles. The topological polar surface area (TPSA) is 60.9 Å². The SMILES string of the molecule is Cc1ccc(N2CC3(CCN(C(=O)CC4(O)CCC4)C3)CC2=O)cc1. The highest BCUT2D eigenvalue weighted by Gasteiger charge is 2.49. The quantitative estimate of drug-likeness (QED) is 0.916. The summed E-state index contributed by atoms with van der Waals surface area (Å²) in [5.41, 5.74) is 1.23. The third-order valence-electron chi connectivity index (χ3n) is 6.22. The Kier molecular flexibility index (Phi) is 3.87. The predicted molar refractivity (Wildman–Crippen MR) is 95.2 cm³/mol. The number of hydrogen-bond acceptors (Lipinski definition) is 3. The Morgan fingerprint density at radius 1 is 1.16 bits per heavy atom. The van der Waals surface area contributed by atoms with Crippen LogP contribution < -0.4 is 4.90 Å². The summed E-state index contributed by atoms with van der Waals surface area (Å²) >= 11 is 0. The van der Waals surface area contributed by atoms with E-state index < -0.39 is 5.60 Å². The molecule has 5 heteroatoms. The largest absolute Gasteiger partial charge is 0.389 e. The maximum absolute atomic E-state index is 12.6. The number of aryl methyl sites for hydroxylation is 1. The van der Waals surface area contributed by atoms with Crippen LogP contribution >= 0.6 is 0 Å². The van der Waals surface area contributed by atoms with E-state index in [-0.39, 0.29) is 23.7 Å². The van der Waals surface area contributed by atoms with E-state index in [2.05, 4.69) is 0 Å². The monoisotopic (exact) mass is 342 g/mol. The lowest BCUT2D eigenvalue weighted by Crippen LogP contribution is -2.43. The van der Waals surface area contributed by atoms with Crippen LogP contribution in [0.4, 0.5) is 5.69 Å². The first-order valence-corrected chi connectivity index (χ1v) is 9.25. The third kappa shape index (κ3) is 3.06. The van der Waals surface area contributed by atoms with Gasteiger partial charge in [0.1, 0.15) is 0 Å². The van der Waals surface area contributed by atoms with Crippen LogP contribution in [0.25, 0.3) is 0 Å². The number of likely N-dealkylation sites (tertiary alicyclic amines) is 1. The van der Waals surface area contributed by atoms with Gasteiger partial charge in [0.25, 0.3) is 0 Å². The number of amides is 2. The second-order valence-corrected chi connectivity index (χ2v) is 8.31. The predicted octanol–water partition coefficient (Wildman–Crippen LogP) is 2.26. The molecule has 1 aromatic carbocycles. The fraction of sp³-hybridized carbons (Fsp3) is 0.600. The van der Waals surface area contributed by atoms with Crippen molar-refractivity contribution in [2.24, 2.45) is 5.41 Å². The highest BCUT2D eigenvalue weighted by molar-refractivity contribution is 5.96. The molecule has 0 aromatic heterocycles. The number of rotatable bonds is 3. The molecule has 2 heterocycles. The van der Waals surface area contributed by atoms with E-state index in [1.165, 1.54) is 5.56 Å². The Labute approximate surface area is 148 Å². The molecule has 1 aliphatic carbocycles. The minimum Gasteiger partial charge on any atom is -0.389 e. The average molecular weight is 342 g/mol. The Morgan fingerprint density at radius 2 is 1.88 bits per heavy atom. The molecule has 2 aliphatic heterocycles. The minimum atomic E-state index is -0.772. The number of hydrogen-bond donors (Lipinski definition) is 1. The maximum Gasteiger partial charge on any atom is 0.227 e. The Balaban J connectivity index is 1.42. The Morgan fingerprint density at radius 3 is 2.52 bits per heavy atom. The number of carbonyl (C=O) groups excluding carboxylic acids is 2. The van der Waals surface area contributed by atoms with Crippen LogP contribution in [0, 0.1) is 12.3 Å². The second-order valence-electron chi connectivity index (χ2n) is 8.31. The number of anilines is 1. The summed E-state index contributed by atoms with van der Waals surface area (Å²) in [5, 5.41) is 10.2. The van der Waals surface area contributed by atoms with E-state index in [0.29, 0.717) is 26.1 Å². The zero-order valence-electron chi connectivity index (χ0n) is 14.8. The van der Waals surface area contributed by atoms with Gasteiger partial charge in [0.15, 0.2) is 0 Å². The summed E-state index contributed by atoms with van der Waals surface area (Å²) < 4.78 is 0. The van der Waals surface area contributed by atoms with Gasteiger partial charge in [0.2, 0.25) is 11.8 Å². The molecule has 5 nitrogen and oxygen atoms in total. The van der Waals surface area contributed by atoms with Gasteiger partial charge in [-0.25, -0.2) is 0 Å². The zero-order chi connectivity index (χ0) is 17.7. The first kappa shape index (κ1) is 16.6. The first-order chi connectivity index (χ1) is 11.9. The second kappa shape index (κ2) is 5.84. The maximum atomic E-state index is 12.6. The lowest BCUT2D eigenvalue weighted by molar-refractivity contribution is -0.139. The molecule has 1 N–H and O–H groups in total. The number of carbonyl (C=O) groups is 2. The molecule has 1 spiro atoms. The van der Waals surface area contributed by atoms with Crippen LogP contribution in [0.3, 0.4) is 0 Å². The summed E-state index contributed by atoms with van der Waals surface area (Å²) in [7, 11) is 0. The Hall–Kier alpha value is -1.88. The molecule has 1 unspecified atom stereocenters. The summed E-state index contributed by atoms with van der Waals surface area (Å²) in [6.07, 6.45) is 4.08. The van der Waals surface area contributed by atoms with Crippen molar-refractivity contribution >= 4 is 17.5 Å². The summed E-state index contributed by atoms with van der Waals surface area (Å²) in [5.74, 6) is 0.191. The third-order valence-corrected chi connectivity index (χ3v) is 6.22. The van der Waals surface area contributed by atoms with Gasteiger partial charge in [-0.15, -0.1) is 0 Å². The van der Waals surface area contributed by atoms with Crippen LogP contribution in [0.15, 0.2) is 24.3 Å². The van der Waals surface area contributed by atoms with Gasteiger partial charge in [-0.05, 0) is 44.7 Å². The molecule has 0 radical (unpaired) electrons. The van der Waals surface area contributed by atoms with Crippen LogP contribution in [-0.4, -0.2) is 47.1 Å². The Bertz CT molecular complexity index is 695. The fourth-order valence-electron chi connectivity index (χ4n) is 4.43. The molecule has 134 valence electrons. The van der Waals surface area contributed by atoms with Crippen LogP contribution in [0.5, 0.6) is 0 Å². The van der Waals surface area contributed by atoms with Crippen LogP contribution in [0.1, 0.15) is 44.1 Å². The lowest BCUT2D eigenvalue weighted by atomic mass is 9.77. The van der Waals surface area contributed by atoms with E-state index in [1.807, 2.05) is 41.0 Å². The van der Waals surface area contributed by atoms with E-state index in [1.54, 1.807) is 0 Å². The number of aliphatic hydroxyl groups is 1. The molecule has 1 aromatic rings. The normalized spacial score (nSPS) is 27.8. The van der Waals surface area contributed by atoms with Gasteiger partial charge in [0.05, 0.1) is 12.0 Å². The van der Waals surface area contributed by atoms with E-state index in [9.17, 15) is 14.7 Å². The molecule has 1 atom stereocenters. The molecule has 2 amide bonds. The first-order valence-electron chi connectivity index (χ1n) is 9.25. The van der Waals surface area contributed by atoms with Crippen molar-refractivity contribution in [1.82, 2.24) is 4.90 Å².